The van der Waals surface area contributed by atoms with Crippen LogP contribution >= 0.6 is 11.6 Å². The Morgan fingerprint density at radius 3 is 2.74 bits per heavy atom. The van der Waals surface area contributed by atoms with E-state index < -0.39 is 0 Å². The van der Waals surface area contributed by atoms with Gasteiger partial charge in [0.15, 0.2) is 6.61 Å². The van der Waals surface area contributed by atoms with E-state index in [4.69, 9.17) is 16.3 Å². The molecule has 1 N–H and O–H groups in total. The van der Waals surface area contributed by atoms with Gasteiger partial charge in [-0.25, -0.2) is 5.43 Å². The van der Waals surface area contributed by atoms with E-state index in [-0.39, 0.29) is 12.5 Å². The predicted octanol–water partition coefficient (Wildman–Crippen LogP) is 3.58. The molecule has 0 bridgehead atoms. The van der Waals surface area contributed by atoms with Crippen molar-refractivity contribution in [2.45, 2.75) is 19.3 Å². The summed E-state index contributed by atoms with van der Waals surface area (Å²) in [4.78, 5) is 11.9. The highest BCUT2D eigenvalue weighted by Gasteiger charge is 2.15. The van der Waals surface area contributed by atoms with Gasteiger partial charge in [-0.05, 0) is 49.1 Å². The molecule has 0 saturated heterocycles. The molecule has 0 aliphatic heterocycles. The summed E-state index contributed by atoms with van der Waals surface area (Å²) in [7, 11) is 0. The number of amides is 1. The summed E-state index contributed by atoms with van der Waals surface area (Å²) in [5.74, 6) is 0.315. The van der Waals surface area contributed by atoms with Crippen molar-refractivity contribution in [1.29, 1.82) is 0 Å². The van der Waals surface area contributed by atoms with Gasteiger partial charge < -0.3 is 4.74 Å². The molecule has 118 valence electrons. The second-order valence-corrected chi connectivity index (χ2v) is 5.78. The zero-order valence-corrected chi connectivity index (χ0v) is 13.3. The number of rotatable bonds is 4. The Hall–Kier alpha value is -2.33. The second kappa shape index (κ2) is 7.29. The van der Waals surface area contributed by atoms with E-state index in [1.165, 1.54) is 5.56 Å². The summed E-state index contributed by atoms with van der Waals surface area (Å²) in [6.45, 7) is -0.0833. The van der Waals surface area contributed by atoms with Crippen molar-refractivity contribution >= 4 is 23.2 Å². The highest BCUT2D eigenvalue weighted by atomic mass is 35.5. The van der Waals surface area contributed by atoms with Gasteiger partial charge in [0.25, 0.3) is 5.91 Å². The van der Waals surface area contributed by atoms with Crippen LogP contribution in [0.4, 0.5) is 0 Å². The van der Waals surface area contributed by atoms with E-state index in [0.717, 1.165) is 30.5 Å². The van der Waals surface area contributed by atoms with E-state index in [1.54, 1.807) is 24.3 Å². The van der Waals surface area contributed by atoms with Crippen molar-refractivity contribution < 1.29 is 9.53 Å². The first-order valence-electron chi connectivity index (χ1n) is 7.54. The number of ether oxygens (including phenoxy) is 1. The van der Waals surface area contributed by atoms with Gasteiger partial charge >= 0.3 is 0 Å². The van der Waals surface area contributed by atoms with E-state index in [9.17, 15) is 4.79 Å². The van der Waals surface area contributed by atoms with Crippen molar-refractivity contribution in [3.8, 4) is 5.75 Å². The Kier molecular flexibility index (Phi) is 4.93. The molecule has 0 radical (unpaired) electrons. The topological polar surface area (TPSA) is 50.7 Å². The van der Waals surface area contributed by atoms with Crippen molar-refractivity contribution in [3.05, 3.63) is 64.7 Å². The van der Waals surface area contributed by atoms with Crippen molar-refractivity contribution in [3.63, 3.8) is 0 Å². The first-order valence-corrected chi connectivity index (χ1v) is 7.92. The lowest BCUT2D eigenvalue weighted by Gasteiger charge is -2.17. The minimum atomic E-state index is -0.282. The van der Waals surface area contributed by atoms with Crippen LogP contribution in [0.2, 0.25) is 5.02 Å². The van der Waals surface area contributed by atoms with Crippen LogP contribution in [-0.2, 0) is 11.2 Å². The summed E-state index contributed by atoms with van der Waals surface area (Å²) >= 11 is 5.80. The Morgan fingerprint density at radius 2 is 1.91 bits per heavy atom. The average Bonchev–Trinajstić information content (AvgIpc) is 2.59. The number of nitrogens with zero attached hydrogens (tertiary/aromatic N) is 1. The van der Waals surface area contributed by atoms with Crippen LogP contribution in [0.25, 0.3) is 0 Å². The van der Waals surface area contributed by atoms with Crippen LogP contribution in [-0.4, -0.2) is 18.2 Å². The van der Waals surface area contributed by atoms with E-state index in [1.807, 2.05) is 18.2 Å². The molecule has 4 nitrogen and oxygen atoms in total. The smallest absolute Gasteiger partial charge is 0.277 e. The third kappa shape index (κ3) is 4.11. The third-order valence-corrected chi connectivity index (χ3v) is 3.94. The third-order valence-electron chi connectivity index (χ3n) is 3.69. The number of halogens is 1. The molecule has 2 aromatic rings. The molecule has 3 rings (SSSR count). The second-order valence-electron chi connectivity index (χ2n) is 5.35. The van der Waals surface area contributed by atoms with Crippen LogP contribution in [0.5, 0.6) is 5.75 Å². The number of carbonyl (C=O) groups excluding carboxylic acids is 1. The Labute approximate surface area is 140 Å². The summed E-state index contributed by atoms with van der Waals surface area (Å²) in [6.07, 6.45) is 2.98. The van der Waals surface area contributed by atoms with Gasteiger partial charge in [0.2, 0.25) is 0 Å². The number of aryl methyl sites for hydroxylation is 1. The molecule has 1 aliphatic rings. The lowest BCUT2D eigenvalue weighted by Crippen LogP contribution is -2.26. The summed E-state index contributed by atoms with van der Waals surface area (Å²) in [5.41, 5.74) is 5.90. The predicted molar refractivity (Wildman–Crippen MR) is 91.0 cm³/mol. The quantitative estimate of drug-likeness (QED) is 0.872. The van der Waals surface area contributed by atoms with Crippen LogP contribution < -0.4 is 10.2 Å². The maximum absolute atomic E-state index is 11.9. The first kappa shape index (κ1) is 15.6. The number of carbonyl (C=O) groups is 1. The summed E-state index contributed by atoms with van der Waals surface area (Å²) in [5, 5.41) is 4.90. The number of hydrazone groups is 1. The highest BCUT2D eigenvalue weighted by molar-refractivity contribution is 6.30. The maximum Gasteiger partial charge on any atom is 0.277 e. The van der Waals surface area contributed by atoms with Crippen LogP contribution in [0.3, 0.4) is 0 Å². The van der Waals surface area contributed by atoms with E-state index >= 15 is 0 Å². The fraction of sp³-hybridized carbons (Fsp3) is 0.222. The van der Waals surface area contributed by atoms with E-state index in [2.05, 4.69) is 16.6 Å². The molecule has 1 aliphatic carbocycles. The van der Waals surface area contributed by atoms with Crippen LogP contribution in [0.1, 0.15) is 24.0 Å². The molecule has 0 spiro atoms. The molecular weight excluding hydrogens is 312 g/mol. The minimum Gasteiger partial charge on any atom is -0.484 e. The number of benzene rings is 2. The Bertz CT molecular complexity index is 726. The van der Waals surface area contributed by atoms with Crippen molar-refractivity contribution in [2.75, 3.05) is 6.61 Å². The van der Waals surface area contributed by atoms with Gasteiger partial charge in [0.05, 0.1) is 5.71 Å². The normalized spacial score (nSPS) is 15.1. The monoisotopic (exact) mass is 328 g/mol. The highest BCUT2D eigenvalue weighted by Crippen LogP contribution is 2.21. The number of fused-ring (bicyclic) bond motifs is 1. The molecule has 0 fully saturated rings. The molecule has 0 aromatic heterocycles. The molecule has 2 aromatic carbocycles. The lowest BCUT2D eigenvalue weighted by molar-refractivity contribution is -0.123. The molecule has 0 atom stereocenters. The largest absolute Gasteiger partial charge is 0.484 e. The molecule has 5 heteroatoms. The van der Waals surface area contributed by atoms with Gasteiger partial charge in [-0.15, -0.1) is 0 Å². The lowest BCUT2D eigenvalue weighted by atomic mass is 9.90. The molecule has 23 heavy (non-hydrogen) atoms. The Balaban J connectivity index is 1.57. The van der Waals surface area contributed by atoms with Gasteiger partial charge in [-0.3, -0.25) is 4.79 Å². The fourth-order valence-corrected chi connectivity index (χ4v) is 2.68. The number of nitrogens with one attached hydrogen (secondary N) is 1. The molecule has 0 heterocycles. The SMILES string of the molecule is O=C(COc1ccc(Cl)cc1)N/N=C1/CCCc2ccccc21. The average molecular weight is 329 g/mol. The van der Waals surface area contributed by atoms with Crippen molar-refractivity contribution in [2.24, 2.45) is 5.10 Å². The standard InChI is InChI=1S/C18H17ClN2O2/c19-14-8-10-15(11-9-14)23-12-18(22)21-20-17-7-3-5-13-4-1-2-6-16(13)17/h1-2,4,6,8-11H,3,5,7,12H2,(H,21,22)/b20-17-. The van der Waals surface area contributed by atoms with Gasteiger partial charge in [-0.2, -0.15) is 5.10 Å². The summed E-state index contributed by atoms with van der Waals surface area (Å²) < 4.78 is 5.39. The number of hydrogen-bond donors (Lipinski definition) is 1. The van der Waals surface area contributed by atoms with Gasteiger partial charge in [-0.1, -0.05) is 35.9 Å². The maximum atomic E-state index is 11.9. The first-order chi connectivity index (χ1) is 11.2. The fourth-order valence-electron chi connectivity index (χ4n) is 2.56. The zero-order valence-electron chi connectivity index (χ0n) is 12.6. The molecular formula is C18H17ClN2O2. The summed E-state index contributed by atoms with van der Waals surface area (Å²) in [6, 6.07) is 15.0. The molecule has 0 saturated carbocycles. The van der Waals surface area contributed by atoms with Crippen LogP contribution in [0, 0.1) is 0 Å². The Morgan fingerprint density at radius 1 is 1.13 bits per heavy atom. The van der Waals surface area contributed by atoms with E-state index in [0.29, 0.717) is 10.8 Å². The van der Waals surface area contributed by atoms with Crippen LogP contribution in [0.15, 0.2) is 53.6 Å². The van der Waals surface area contributed by atoms with Gasteiger partial charge in [0.1, 0.15) is 5.75 Å². The van der Waals surface area contributed by atoms with Crippen molar-refractivity contribution in [1.82, 2.24) is 5.43 Å². The molecule has 0 unspecified atom stereocenters. The molecule has 1 amide bonds. The van der Waals surface area contributed by atoms with Gasteiger partial charge in [0, 0.05) is 10.6 Å². The zero-order chi connectivity index (χ0) is 16.1. The number of hydrogen-bond acceptors (Lipinski definition) is 3. The minimum absolute atomic E-state index is 0.0833.